The van der Waals surface area contributed by atoms with Gasteiger partial charge in [0.25, 0.3) is 0 Å². The summed E-state index contributed by atoms with van der Waals surface area (Å²) in [6.45, 7) is 2.84. The Hall–Kier alpha value is -1.88. The van der Waals surface area contributed by atoms with Crippen molar-refractivity contribution in [1.29, 1.82) is 0 Å². The van der Waals surface area contributed by atoms with Crippen molar-refractivity contribution in [3.05, 3.63) is 29.6 Å². The number of hydrogen-bond donors (Lipinski definition) is 3. The molecule has 18 heavy (non-hydrogen) atoms. The van der Waals surface area contributed by atoms with Gasteiger partial charge in [-0.2, -0.15) is 0 Å². The summed E-state index contributed by atoms with van der Waals surface area (Å²) in [4.78, 5) is 18.3. The molecule has 94 valence electrons. The van der Waals surface area contributed by atoms with Crippen molar-refractivity contribution in [2.75, 3.05) is 0 Å². The van der Waals surface area contributed by atoms with Gasteiger partial charge in [0.15, 0.2) is 0 Å². The highest BCUT2D eigenvalue weighted by molar-refractivity contribution is 5.90. The molecule has 0 unspecified atom stereocenters. The van der Waals surface area contributed by atoms with E-state index in [1.165, 1.54) is 12.8 Å². The maximum absolute atomic E-state index is 11.0. The predicted molar refractivity (Wildman–Crippen MR) is 67.5 cm³/mol. The highest BCUT2D eigenvalue weighted by Crippen LogP contribution is 2.34. The van der Waals surface area contributed by atoms with E-state index in [0.29, 0.717) is 12.1 Å². The Morgan fingerprint density at radius 3 is 3.06 bits per heavy atom. The van der Waals surface area contributed by atoms with Crippen LogP contribution in [0.3, 0.4) is 0 Å². The number of nitrogens with zero attached hydrogens (tertiary/aromatic N) is 1. The molecule has 5 heteroatoms. The van der Waals surface area contributed by atoms with E-state index in [0.717, 1.165) is 11.1 Å². The molecular formula is C13H15N3O2. The minimum Gasteiger partial charge on any atom is -0.477 e. The average molecular weight is 245 g/mol. The number of carboxylic acids is 1. The summed E-state index contributed by atoms with van der Waals surface area (Å²) in [7, 11) is 0. The maximum Gasteiger partial charge on any atom is 0.354 e. The summed E-state index contributed by atoms with van der Waals surface area (Å²) in [5.74, 6) is -0.989. The van der Waals surface area contributed by atoms with Crippen LogP contribution in [-0.2, 0) is 6.54 Å². The lowest BCUT2D eigenvalue weighted by Crippen LogP contribution is -2.27. The number of carboxylic acid groups (broad SMARTS) is 1. The molecule has 0 radical (unpaired) electrons. The van der Waals surface area contributed by atoms with E-state index in [1.807, 2.05) is 0 Å². The Labute approximate surface area is 104 Å². The zero-order valence-electron chi connectivity index (χ0n) is 10.2. The maximum atomic E-state index is 11.0. The fourth-order valence-electron chi connectivity index (χ4n) is 2.03. The van der Waals surface area contributed by atoms with E-state index in [4.69, 9.17) is 5.11 Å². The van der Waals surface area contributed by atoms with Gasteiger partial charge in [-0.05, 0) is 37.5 Å². The van der Waals surface area contributed by atoms with Crippen LogP contribution >= 0.6 is 0 Å². The summed E-state index contributed by atoms with van der Waals surface area (Å²) in [6.07, 6.45) is 4.14. The number of aromatic nitrogens is 2. The Bertz CT molecular complexity index is 614. The van der Waals surface area contributed by atoms with Gasteiger partial charge in [-0.25, -0.2) is 9.78 Å². The summed E-state index contributed by atoms with van der Waals surface area (Å²) in [5, 5.41) is 12.5. The first-order valence-electron chi connectivity index (χ1n) is 6.03. The van der Waals surface area contributed by atoms with Crippen LogP contribution in [-0.4, -0.2) is 26.6 Å². The first kappa shape index (κ1) is 11.2. The summed E-state index contributed by atoms with van der Waals surface area (Å²) >= 11 is 0. The second-order valence-electron chi connectivity index (χ2n) is 5.12. The van der Waals surface area contributed by atoms with Crippen molar-refractivity contribution in [3.63, 3.8) is 0 Å². The summed E-state index contributed by atoms with van der Waals surface area (Å²) in [5.41, 5.74) is 2.89. The second kappa shape index (κ2) is 3.81. The molecule has 0 saturated heterocycles. The molecule has 1 fully saturated rings. The molecule has 2 aromatic heterocycles. The van der Waals surface area contributed by atoms with Crippen LogP contribution < -0.4 is 5.32 Å². The smallest absolute Gasteiger partial charge is 0.354 e. The predicted octanol–water partition coefficient (Wildman–Crippen LogP) is 1.90. The molecule has 2 aromatic rings. The number of aromatic amines is 1. The minimum atomic E-state index is -0.989. The number of nitrogens with one attached hydrogen (secondary N) is 2. The molecule has 0 amide bonds. The van der Waals surface area contributed by atoms with Gasteiger partial charge in [0.05, 0.1) is 11.0 Å². The summed E-state index contributed by atoms with van der Waals surface area (Å²) < 4.78 is 0. The number of aromatic carboxylic acids is 1. The zero-order valence-corrected chi connectivity index (χ0v) is 10.2. The van der Waals surface area contributed by atoms with Crippen LogP contribution in [0.4, 0.5) is 0 Å². The van der Waals surface area contributed by atoms with Crippen LogP contribution in [0.15, 0.2) is 18.3 Å². The molecule has 1 saturated carbocycles. The lowest BCUT2D eigenvalue weighted by molar-refractivity contribution is 0.0691. The minimum absolute atomic E-state index is 0.0971. The largest absolute Gasteiger partial charge is 0.477 e. The molecule has 0 spiro atoms. The number of hydrogen-bond acceptors (Lipinski definition) is 3. The molecular weight excluding hydrogens is 230 g/mol. The fraction of sp³-hybridized carbons (Fsp3) is 0.385. The lowest BCUT2D eigenvalue weighted by Gasteiger charge is -2.12. The van der Waals surface area contributed by atoms with Crippen molar-refractivity contribution in [1.82, 2.24) is 15.3 Å². The molecule has 3 rings (SSSR count). The number of pyridine rings is 1. The normalized spacial score (nSPS) is 16.9. The highest BCUT2D eigenvalue weighted by Gasteiger charge is 2.36. The quantitative estimate of drug-likeness (QED) is 0.768. The molecule has 1 aliphatic carbocycles. The lowest BCUT2D eigenvalue weighted by atomic mass is 10.1. The van der Waals surface area contributed by atoms with Gasteiger partial charge in [0, 0.05) is 18.3 Å². The standard InChI is InChI=1S/C13H15N3O2/c1-13(3-4-13)15-7-8-6-10(12(17)18)16-9-2-5-14-11(8)9/h2,5-6,14-15H,3-4,7H2,1H3,(H,17,18). The van der Waals surface area contributed by atoms with Gasteiger partial charge in [-0.1, -0.05) is 0 Å². The van der Waals surface area contributed by atoms with E-state index in [9.17, 15) is 4.79 Å². The molecule has 0 aliphatic heterocycles. The van der Waals surface area contributed by atoms with Gasteiger partial charge < -0.3 is 15.4 Å². The SMILES string of the molecule is CC1(NCc2cc(C(=O)O)nc3cc[nH]c23)CC1. The van der Waals surface area contributed by atoms with Gasteiger partial charge in [0.2, 0.25) is 0 Å². The third kappa shape index (κ3) is 1.97. The van der Waals surface area contributed by atoms with Crippen LogP contribution in [0, 0.1) is 0 Å². The molecule has 0 bridgehead atoms. The van der Waals surface area contributed by atoms with E-state index < -0.39 is 5.97 Å². The van der Waals surface area contributed by atoms with Crippen LogP contribution in [0.1, 0.15) is 35.8 Å². The van der Waals surface area contributed by atoms with Gasteiger partial charge in [-0.15, -0.1) is 0 Å². The Balaban J connectivity index is 1.96. The monoisotopic (exact) mass is 245 g/mol. The van der Waals surface area contributed by atoms with Crippen molar-refractivity contribution in [2.45, 2.75) is 31.8 Å². The molecule has 1 aliphatic rings. The van der Waals surface area contributed by atoms with Gasteiger partial charge >= 0.3 is 5.97 Å². The van der Waals surface area contributed by atoms with Crippen molar-refractivity contribution in [2.24, 2.45) is 0 Å². The Morgan fingerprint density at radius 1 is 1.61 bits per heavy atom. The number of rotatable bonds is 4. The molecule has 0 atom stereocenters. The summed E-state index contributed by atoms with van der Waals surface area (Å²) in [6, 6.07) is 3.43. The van der Waals surface area contributed by atoms with Crippen LogP contribution in [0.5, 0.6) is 0 Å². The zero-order chi connectivity index (χ0) is 12.8. The van der Waals surface area contributed by atoms with E-state index >= 15 is 0 Å². The van der Waals surface area contributed by atoms with E-state index in [2.05, 4.69) is 22.2 Å². The van der Waals surface area contributed by atoms with E-state index in [-0.39, 0.29) is 11.2 Å². The van der Waals surface area contributed by atoms with Crippen molar-refractivity contribution >= 4 is 17.0 Å². The van der Waals surface area contributed by atoms with Gasteiger partial charge in [0.1, 0.15) is 5.69 Å². The molecule has 0 aromatic carbocycles. The van der Waals surface area contributed by atoms with Crippen molar-refractivity contribution in [3.8, 4) is 0 Å². The Kier molecular flexibility index (Phi) is 2.38. The Morgan fingerprint density at radius 2 is 2.39 bits per heavy atom. The number of carbonyl (C=O) groups is 1. The van der Waals surface area contributed by atoms with E-state index in [1.54, 1.807) is 18.3 Å². The molecule has 3 N–H and O–H groups in total. The first-order valence-corrected chi connectivity index (χ1v) is 6.03. The van der Waals surface area contributed by atoms with Crippen LogP contribution in [0.2, 0.25) is 0 Å². The fourth-order valence-corrected chi connectivity index (χ4v) is 2.03. The second-order valence-corrected chi connectivity index (χ2v) is 5.12. The van der Waals surface area contributed by atoms with Crippen molar-refractivity contribution < 1.29 is 9.90 Å². The third-order valence-electron chi connectivity index (χ3n) is 3.52. The first-order chi connectivity index (χ1) is 8.57. The molecule has 2 heterocycles. The number of fused-ring (bicyclic) bond motifs is 1. The third-order valence-corrected chi connectivity index (χ3v) is 3.52. The van der Waals surface area contributed by atoms with Crippen LogP contribution in [0.25, 0.3) is 11.0 Å². The highest BCUT2D eigenvalue weighted by atomic mass is 16.4. The average Bonchev–Trinajstić information content (AvgIpc) is 2.90. The topological polar surface area (TPSA) is 78.0 Å². The number of H-pyrrole nitrogens is 1. The molecule has 5 nitrogen and oxygen atoms in total. The van der Waals surface area contributed by atoms with Gasteiger partial charge in [-0.3, -0.25) is 0 Å².